The highest BCUT2D eigenvalue weighted by Gasteiger charge is 2.10. The van der Waals surface area contributed by atoms with Crippen LogP contribution in [0.3, 0.4) is 0 Å². The largest absolute Gasteiger partial charge is 0.508 e. The fraction of sp³-hybridized carbons (Fsp3) is 0. The molecule has 1 N–H and O–H groups in total. The maximum absolute atomic E-state index is 11.9. The number of para-hydroxylation sites is 1. The first kappa shape index (κ1) is 13.5. The van der Waals surface area contributed by atoms with E-state index in [4.69, 9.17) is 5.11 Å². The zero-order valence-electron chi connectivity index (χ0n) is 10.4. The second-order valence-corrected chi connectivity index (χ2v) is 4.06. The van der Waals surface area contributed by atoms with Crippen LogP contribution in [-0.2, 0) is 0 Å². The molecule has 2 aromatic rings. The normalized spacial score (nSPS) is 10.6. The number of ketones is 1. The van der Waals surface area contributed by atoms with Crippen LogP contribution in [0.5, 0.6) is 5.75 Å². The Labute approximate surface area is 115 Å². The van der Waals surface area contributed by atoms with Crippen LogP contribution in [0.1, 0.15) is 15.9 Å². The van der Waals surface area contributed by atoms with Crippen LogP contribution in [0.2, 0.25) is 0 Å². The number of nitro benzene ring substituents is 1. The molecular weight excluding hydrogens is 258 g/mol. The third kappa shape index (κ3) is 3.08. The SMILES string of the molecule is O=C(C=Cc1ccccc1[N+](=O)[O-])c1ccc(O)cc1. The minimum absolute atomic E-state index is 0.0535. The van der Waals surface area contributed by atoms with E-state index < -0.39 is 4.92 Å². The van der Waals surface area contributed by atoms with E-state index in [-0.39, 0.29) is 17.2 Å². The lowest BCUT2D eigenvalue weighted by atomic mass is 10.1. The van der Waals surface area contributed by atoms with Gasteiger partial charge in [-0.15, -0.1) is 0 Å². The van der Waals surface area contributed by atoms with Crippen LogP contribution >= 0.6 is 0 Å². The van der Waals surface area contributed by atoms with E-state index >= 15 is 0 Å². The van der Waals surface area contributed by atoms with Crippen molar-refractivity contribution in [2.75, 3.05) is 0 Å². The standard InChI is InChI=1S/C15H11NO4/c17-13-8-5-12(6-9-13)15(18)10-7-11-3-1-2-4-14(11)16(19)20/h1-10,17H. The number of nitrogens with zero attached hydrogens (tertiary/aromatic N) is 1. The lowest BCUT2D eigenvalue weighted by Crippen LogP contribution is -1.94. The summed E-state index contributed by atoms with van der Waals surface area (Å²) in [5.41, 5.74) is 0.713. The number of phenols is 1. The highest BCUT2D eigenvalue weighted by atomic mass is 16.6. The van der Waals surface area contributed by atoms with Crippen molar-refractivity contribution in [3.8, 4) is 5.75 Å². The molecule has 0 fully saturated rings. The number of phenolic OH excluding ortho intramolecular Hbond substituents is 1. The summed E-state index contributed by atoms with van der Waals surface area (Å²) in [6.45, 7) is 0. The maximum atomic E-state index is 11.9. The van der Waals surface area contributed by atoms with Crippen molar-refractivity contribution >= 4 is 17.5 Å². The van der Waals surface area contributed by atoms with Crippen LogP contribution in [0.25, 0.3) is 6.08 Å². The van der Waals surface area contributed by atoms with Crippen molar-refractivity contribution in [1.82, 2.24) is 0 Å². The molecule has 0 aromatic heterocycles. The molecule has 0 heterocycles. The van der Waals surface area contributed by atoms with Crippen LogP contribution in [0, 0.1) is 10.1 Å². The first-order valence-corrected chi connectivity index (χ1v) is 5.83. The first-order valence-electron chi connectivity index (χ1n) is 5.83. The molecule has 2 aromatic carbocycles. The highest BCUT2D eigenvalue weighted by molar-refractivity contribution is 6.07. The summed E-state index contributed by atoms with van der Waals surface area (Å²) in [6.07, 6.45) is 2.68. The van der Waals surface area contributed by atoms with E-state index in [2.05, 4.69) is 0 Å². The molecule has 0 atom stereocenters. The Morgan fingerprint density at radius 3 is 2.40 bits per heavy atom. The second-order valence-electron chi connectivity index (χ2n) is 4.06. The number of hydrogen-bond donors (Lipinski definition) is 1. The predicted molar refractivity (Wildman–Crippen MR) is 74.6 cm³/mol. The van der Waals surface area contributed by atoms with Crippen molar-refractivity contribution < 1.29 is 14.8 Å². The zero-order chi connectivity index (χ0) is 14.5. The number of carbonyl (C=O) groups is 1. The topological polar surface area (TPSA) is 80.4 Å². The van der Waals surface area contributed by atoms with Gasteiger partial charge in [-0.2, -0.15) is 0 Å². The molecule has 0 radical (unpaired) electrons. The zero-order valence-corrected chi connectivity index (χ0v) is 10.4. The van der Waals surface area contributed by atoms with Gasteiger partial charge in [0.2, 0.25) is 0 Å². The van der Waals surface area contributed by atoms with E-state index in [0.29, 0.717) is 11.1 Å². The average molecular weight is 269 g/mol. The van der Waals surface area contributed by atoms with Crippen molar-refractivity contribution in [2.45, 2.75) is 0 Å². The van der Waals surface area contributed by atoms with Gasteiger partial charge in [0, 0.05) is 11.6 Å². The van der Waals surface area contributed by atoms with E-state index in [0.717, 1.165) is 0 Å². The van der Waals surface area contributed by atoms with E-state index in [1.807, 2.05) is 0 Å². The highest BCUT2D eigenvalue weighted by Crippen LogP contribution is 2.19. The van der Waals surface area contributed by atoms with Gasteiger partial charge in [0.15, 0.2) is 5.78 Å². The van der Waals surface area contributed by atoms with Crippen LogP contribution in [0.4, 0.5) is 5.69 Å². The predicted octanol–water partition coefficient (Wildman–Crippen LogP) is 3.20. The summed E-state index contributed by atoms with van der Waals surface area (Å²) < 4.78 is 0. The summed E-state index contributed by atoms with van der Waals surface area (Å²) in [6, 6.07) is 12.0. The Balaban J connectivity index is 2.23. The summed E-state index contributed by atoms with van der Waals surface area (Å²) in [7, 11) is 0. The van der Waals surface area contributed by atoms with Gasteiger partial charge in [0.25, 0.3) is 5.69 Å². The molecule has 0 saturated heterocycles. The third-order valence-electron chi connectivity index (χ3n) is 2.70. The smallest absolute Gasteiger partial charge is 0.276 e. The van der Waals surface area contributed by atoms with E-state index in [1.54, 1.807) is 18.2 Å². The van der Waals surface area contributed by atoms with Gasteiger partial charge in [-0.1, -0.05) is 12.1 Å². The molecule has 0 amide bonds. The molecule has 5 nitrogen and oxygen atoms in total. The number of rotatable bonds is 4. The molecule has 20 heavy (non-hydrogen) atoms. The van der Waals surface area contributed by atoms with Crippen molar-refractivity contribution in [2.24, 2.45) is 0 Å². The lowest BCUT2D eigenvalue weighted by Gasteiger charge is -1.98. The van der Waals surface area contributed by atoms with Crippen LogP contribution in [-0.4, -0.2) is 15.8 Å². The fourth-order valence-corrected chi connectivity index (χ4v) is 1.68. The maximum Gasteiger partial charge on any atom is 0.276 e. The number of hydrogen-bond acceptors (Lipinski definition) is 4. The van der Waals surface area contributed by atoms with Crippen LogP contribution < -0.4 is 0 Å². The monoisotopic (exact) mass is 269 g/mol. The van der Waals surface area contributed by atoms with Gasteiger partial charge in [-0.05, 0) is 42.5 Å². The lowest BCUT2D eigenvalue weighted by molar-refractivity contribution is -0.385. The van der Waals surface area contributed by atoms with E-state index in [1.165, 1.54) is 42.5 Å². The van der Waals surface area contributed by atoms with Crippen molar-refractivity contribution in [3.05, 3.63) is 75.8 Å². The Morgan fingerprint density at radius 1 is 1.10 bits per heavy atom. The summed E-state index contributed by atoms with van der Waals surface area (Å²) in [4.78, 5) is 22.2. The molecule has 5 heteroatoms. The van der Waals surface area contributed by atoms with E-state index in [9.17, 15) is 14.9 Å². The summed E-state index contributed by atoms with van der Waals surface area (Å²) in [5, 5.41) is 20.0. The van der Waals surface area contributed by atoms with Gasteiger partial charge in [0.1, 0.15) is 5.75 Å². The number of nitro groups is 1. The molecule has 0 aliphatic carbocycles. The fourth-order valence-electron chi connectivity index (χ4n) is 1.68. The first-order chi connectivity index (χ1) is 9.58. The Hall–Kier alpha value is -2.95. The Morgan fingerprint density at radius 2 is 1.75 bits per heavy atom. The average Bonchev–Trinajstić information content (AvgIpc) is 2.45. The third-order valence-corrected chi connectivity index (χ3v) is 2.70. The number of allylic oxidation sites excluding steroid dienone is 1. The molecule has 100 valence electrons. The van der Waals surface area contributed by atoms with Gasteiger partial charge in [0.05, 0.1) is 10.5 Å². The quantitative estimate of drug-likeness (QED) is 0.400. The van der Waals surface area contributed by atoms with Gasteiger partial charge in [-0.3, -0.25) is 14.9 Å². The van der Waals surface area contributed by atoms with Crippen molar-refractivity contribution in [3.63, 3.8) is 0 Å². The number of benzene rings is 2. The minimum Gasteiger partial charge on any atom is -0.508 e. The molecule has 0 saturated carbocycles. The minimum atomic E-state index is -0.495. The molecule has 0 spiro atoms. The van der Waals surface area contributed by atoms with Crippen LogP contribution in [0.15, 0.2) is 54.6 Å². The number of aromatic hydroxyl groups is 1. The van der Waals surface area contributed by atoms with Gasteiger partial charge >= 0.3 is 0 Å². The molecular formula is C15H11NO4. The molecule has 0 unspecified atom stereocenters. The molecule has 2 rings (SSSR count). The van der Waals surface area contributed by atoms with Gasteiger partial charge < -0.3 is 5.11 Å². The Bertz CT molecular complexity index is 675. The summed E-state index contributed by atoms with van der Waals surface area (Å²) >= 11 is 0. The Kier molecular flexibility index (Phi) is 3.91. The second kappa shape index (κ2) is 5.79. The van der Waals surface area contributed by atoms with Crippen molar-refractivity contribution in [1.29, 1.82) is 0 Å². The summed E-state index contributed by atoms with van der Waals surface area (Å²) in [5.74, 6) is -0.215. The molecule has 0 bridgehead atoms. The molecule has 0 aliphatic rings. The number of carbonyl (C=O) groups excluding carboxylic acids is 1. The van der Waals surface area contributed by atoms with Gasteiger partial charge in [-0.25, -0.2) is 0 Å². The molecule has 0 aliphatic heterocycles.